The summed E-state index contributed by atoms with van der Waals surface area (Å²) in [5.74, 6) is -0.635. The number of sulfonamides is 1. The van der Waals surface area contributed by atoms with Crippen molar-refractivity contribution in [1.82, 2.24) is 0 Å². The van der Waals surface area contributed by atoms with E-state index in [4.69, 9.17) is 16.3 Å². The second kappa shape index (κ2) is 8.81. The second-order valence-electron chi connectivity index (χ2n) is 5.86. The summed E-state index contributed by atoms with van der Waals surface area (Å²) in [5.41, 5.74) is 0.803. The molecule has 0 bridgehead atoms. The molecule has 3 rings (SSSR count). The molecule has 10 heteroatoms. The Kier molecular flexibility index (Phi) is 6.41. The van der Waals surface area contributed by atoms with E-state index in [-0.39, 0.29) is 15.8 Å². The molecule has 6 nitrogen and oxygen atoms in total. The Morgan fingerprint density at radius 1 is 1.21 bits per heavy atom. The van der Waals surface area contributed by atoms with Gasteiger partial charge in [0.2, 0.25) is 0 Å². The normalized spacial score (nSPS) is 11.1. The van der Waals surface area contributed by atoms with Gasteiger partial charge in [-0.2, -0.15) is 0 Å². The predicted octanol–water partition coefficient (Wildman–Crippen LogP) is 4.38. The second-order valence-corrected chi connectivity index (χ2v) is 9.42. The van der Waals surface area contributed by atoms with Crippen molar-refractivity contribution in [2.24, 2.45) is 0 Å². The molecule has 0 atom stereocenters. The number of carbonyl (C=O) groups excluding carboxylic acids is 1. The van der Waals surface area contributed by atoms with Crippen molar-refractivity contribution < 1.29 is 22.3 Å². The summed E-state index contributed by atoms with van der Waals surface area (Å²) in [4.78, 5) is 12.0. The van der Waals surface area contributed by atoms with Crippen molar-refractivity contribution in [1.29, 1.82) is 0 Å². The first-order valence-electron chi connectivity index (χ1n) is 8.27. The third-order valence-electron chi connectivity index (χ3n) is 3.88. The number of anilines is 2. The van der Waals surface area contributed by atoms with Gasteiger partial charge >= 0.3 is 0 Å². The molecule has 0 saturated heterocycles. The van der Waals surface area contributed by atoms with Crippen LogP contribution in [0.3, 0.4) is 0 Å². The van der Waals surface area contributed by atoms with E-state index in [1.807, 2.05) is 0 Å². The van der Waals surface area contributed by atoms with E-state index in [0.717, 1.165) is 17.4 Å². The fraction of sp³-hybridized carbons (Fsp3) is 0.105. The first-order valence-corrected chi connectivity index (χ1v) is 11.0. The zero-order valence-corrected chi connectivity index (χ0v) is 17.5. The monoisotopic (exact) mass is 454 g/mol. The molecule has 1 amide bonds. The van der Waals surface area contributed by atoms with Gasteiger partial charge in [0.1, 0.15) is 15.8 Å². The average Bonchev–Trinajstić information content (AvgIpc) is 3.25. The zero-order chi connectivity index (χ0) is 21.0. The molecular weight excluding hydrogens is 439 g/mol. The largest absolute Gasteiger partial charge is 0.484 e. The maximum absolute atomic E-state index is 13.1. The molecule has 1 N–H and O–H groups in total. The number of thiophene rings is 1. The van der Waals surface area contributed by atoms with E-state index in [2.05, 4.69) is 5.32 Å². The van der Waals surface area contributed by atoms with Crippen LogP contribution in [0, 0.1) is 5.82 Å². The Balaban J connectivity index is 1.59. The van der Waals surface area contributed by atoms with Crippen LogP contribution in [-0.2, 0) is 14.8 Å². The van der Waals surface area contributed by atoms with E-state index < -0.39 is 21.7 Å². The van der Waals surface area contributed by atoms with Gasteiger partial charge < -0.3 is 10.1 Å². The number of benzene rings is 2. The molecule has 0 fully saturated rings. The Bertz CT molecular complexity index is 1100. The number of carbonyl (C=O) groups is 1. The maximum atomic E-state index is 13.1. The van der Waals surface area contributed by atoms with Gasteiger partial charge in [0.25, 0.3) is 15.9 Å². The van der Waals surface area contributed by atoms with Crippen LogP contribution < -0.4 is 14.4 Å². The molecule has 1 heterocycles. The standard InChI is InChI=1S/C19H16ClFN2O4S2/c1-23(29(25,26)19-3-2-10-28-19)14-5-7-15(8-6-14)27-12-18(24)22-13-4-9-17(21)16(20)11-13/h2-11H,12H2,1H3,(H,22,24). The smallest absolute Gasteiger partial charge is 0.273 e. The summed E-state index contributed by atoms with van der Waals surface area (Å²) in [6.07, 6.45) is 0. The molecule has 0 spiro atoms. The Morgan fingerprint density at radius 2 is 1.93 bits per heavy atom. The van der Waals surface area contributed by atoms with Gasteiger partial charge in [0.05, 0.1) is 10.7 Å². The van der Waals surface area contributed by atoms with Gasteiger partial charge in [-0.05, 0) is 53.9 Å². The van der Waals surface area contributed by atoms with Crippen LogP contribution in [-0.4, -0.2) is 28.0 Å². The van der Waals surface area contributed by atoms with Gasteiger partial charge in [-0.1, -0.05) is 17.7 Å². The topological polar surface area (TPSA) is 75.7 Å². The number of nitrogens with one attached hydrogen (secondary N) is 1. The van der Waals surface area contributed by atoms with Crippen molar-refractivity contribution in [3.63, 3.8) is 0 Å². The van der Waals surface area contributed by atoms with Gasteiger partial charge in [0.15, 0.2) is 6.61 Å². The maximum Gasteiger partial charge on any atom is 0.273 e. The molecule has 2 aromatic carbocycles. The SMILES string of the molecule is CN(c1ccc(OCC(=O)Nc2ccc(F)c(Cl)c2)cc1)S(=O)(=O)c1cccs1. The van der Waals surface area contributed by atoms with E-state index in [1.165, 1.54) is 23.5 Å². The van der Waals surface area contributed by atoms with Crippen LogP contribution in [0.15, 0.2) is 64.2 Å². The van der Waals surface area contributed by atoms with Crippen molar-refractivity contribution in [3.05, 3.63) is 70.8 Å². The first kappa shape index (κ1) is 21.1. The number of amides is 1. The highest BCUT2D eigenvalue weighted by atomic mass is 35.5. The average molecular weight is 455 g/mol. The molecular formula is C19H16ClFN2O4S2. The zero-order valence-electron chi connectivity index (χ0n) is 15.1. The number of halogens is 2. The van der Waals surface area contributed by atoms with Gasteiger partial charge in [0, 0.05) is 12.7 Å². The van der Waals surface area contributed by atoms with Crippen molar-refractivity contribution >= 4 is 50.2 Å². The lowest BCUT2D eigenvalue weighted by molar-refractivity contribution is -0.118. The summed E-state index contributed by atoms with van der Waals surface area (Å²) in [6.45, 7) is -0.280. The highest BCUT2D eigenvalue weighted by molar-refractivity contribution is 7.94. The van der Waals surface area contributed by atoms with Crippen molar-refractivity contribution in [2.75, 3.05) is 23.3 Å². The molecule has 1 aromatic heterocycles. The van der Waals surface area contributed by atoms with E-state index in [9.17, 15) is 17.6 Å². The fourth-order valence-electron chi connectivity index (χ4n) is 2.36. The van der Waals surface area contributed by atoms with Crippen molar-refractivity contribution in [2.45, 2.75) is 4.21 Å². The van der Waals surface area contributed by atoms with Crippen LogP contribution >= 0.6 is 22.9 Å². The van der Waals surface area contributed by atoms with Crippen LogP contribution in [0.5, 0.6) is 5.75 Å². The van der Waals surface area contributed by atoms with Gasteiger partial charge in [-0.25, -0.2) is 12.8 Å². The third-order valence-corrected chi connectivity index (χ3v) is 7.33. The quantitative estimate of drug-likeness (QED) is 0.574. The molecule has 3 aromatic rings. The number of hydrogen-bond acceptors (Lipinski definition) is 5. The lowest BCUT2D eigenvalue weighted by Gasteiger charge is -2.18. The van der Waals surface area contributed by atoms with Gasteiger partial charge in [-0.3, -0.25) is 9.10 Å². The van der Waals surface area contributed by atoms with E-state index in [1.54, 1.807) is 41.8 Å². The molecule has 0 aliphatic rings. The van der Waals surface area contributed by atoms with Crippen LogP contribution in [0.1, 0.15) is 0 Å². The lowest BCUT2D eigenvalue weighted by Crippen LogP contribution is -2.25. The minimum absolute atomic E-state index is 0.0964. The Hall–Kier alpha value is -2.62. The summed E-state index contributed by atoms with van der Waals surface area (Å²) in [7, 11) is -2.15. The number of nitrogens with zero attached hydrogens (tertiary/aromatic N) is 1. The minimum atomic E-state index is -3.62. The number of hydrogen-bond donors (Lipinski definition) is 1. The van der Waals surface area contributed by atoms with E-state index >= 15 is 0 Å². The van der Waals surface area contributed by atoms with Crippen LogP contribution in [0.2, 0.25) is 5.02 Å². The van der Waals surface area contributed by atoms with Gasteiger partial charge in [-0.15, -0.1) is 11.3 Å². The summed E-state index contributed by atoms with van der Waals surface area (Å²) in [6, 6.07) is 13.4. The highest BCUT2D eigenvalue weighted by Gasteiger charge is 2.22. The summed E-state index contributed by atoms with van der Waals surface area (Å²) < 4.78 is 45.0. The summed E-state index contributed by atoms with van der Waals surface area (Å²) in [5, 5.41) is 4.14. The molecule has 0 aliphatic carbocycles. The molecule has 152 valence electrons. The lowest BCUT2D eigenvalue weighted by atomic mass is 10.3. The Morgan fingerprint density at radius 3 is 2.55 bits per heavy atom. The van der Waals surface area contributed by atoms with Crippen molar-refractivity contribution in [3.8, 4) is 5.75 Å². The highest BCUT2D eigenvalue weighted by Crippen LogP contribution is 2.26. The minimum Gasteiger partial charge on any atom is -0.484 e. The molecule has 0 unspecified atom stereocenters. The first-order chi connectivity index (χ1) is 13.8. The fourth-order valence-corrected chi connectivity index (χ4v) is 4.89. The molecule has 29 heavy (non-hydrogen) atoms. The molecule has 0 saturated carbocycles. The number of rotatable bonds is 7. The number of ether oxygens (including phenoxy) is 1. The predicted molar refractivity (Wildman–Crippen MR) is 112 cm³/mol. The van der Waals surface area contributed by atoms with E-state index in [0.29, 0.717) is 17.1 Å². The third kappa shape index (κ3) is 5.06. The van der Waals surface area contributed by atoms with Crippen LogP contribution in [0.4, 0.5) is 15.8 Å². The molecule has 0 radical (unpaired) electrons. The Labute approximate surface area is 176 Å². The summed E-state index contributed by atoms with van der Waals surface area (Å²) >= 11 is 6.81. The molecule has 0 aliphatic heterocycles. The van der Waals surface area contributed by atoms with Crippen LogP contribution in [0.25, 0.3) is 0 Å².